The molecule has 0 spiro atoms. The van der Waals surface area contributed by atoms with Gasteiger partial charge in [0.05, 0.1) is 6.54 Å². The van der Waals surface area contributed by atoms with Crippen molar-refractivity contribution >= 4 is 23.2 Å². The van der Waals surface area contributed by atoms with Crippen molar-refractivity contribution in [3.8, 4) is 0 Å². The highest BCUT2D eigenvalue weighted by molar-refractivity contribution is 6.31. The van der Waals surface area contributed by atoms with Gasteiger partial charge < -0.3 is 15.7 Å². The summed E-state index contributed by atoms with van der Waals surface area (Å²) in [7, 11) is 0. The third kappa shape index (κ3) is 5.12. The van der Waals surface area contributed by atoms with Crippen molar-refractivity contribution < 1.29 is 9.90 Å². The highest BCUT2D eigenvalue weighted by Crippen LogP contribution is 2.20. The molecule has 1 aromatic rings. The van der Waals surface area contributed by atoms with Crippen molar-refractivity contribution in [3.63, 3.8) is 0 Å². The average Bonchev–Trinajstić information content (AvgIpc) is 2.41. The molecular weight excluding hydrogens is 276 g/mol. The van der Waals surface area contributed by atoms with Crippen molar-refractivity contribution in [2.75, 3.05) is 18.5 Å². The second-order valence-electron chi connectivity index (χ2n) is 5.25. The van der Waals surface area contributed by atoms with Gasteiger partial charge in [-0.1, -0.05) is 24.6 Å². The lowest BCUT2D eigenvalue weighted by molar-refractivity contribution is -0.115. The first-order valence-corrected chi connectivity index (χ1v) is 7.20. The van der Waals surface area contributed by atoms with E-state index in [1.54, 1.807) is 12.1 Å². The lowest BCUT2D eigenvalue weighted by Gasteiger charge is -2.28. The van der Waals surface area contributed by atoms with Crippen molar-refractivity contribution in [3.05, 3.63) is 28.8 Å². The molecule has 5 heteroatoms. The maximum Gasteiger partial charge on any atom is 0.238 e. The molecule has 0 saturated heterocycles. The number of carbonyl (C=O) groups is 1. The number of carbonyl (C=O) groups excluding carboxylic acids is 1. The third-order valence-electron chi connectivity index (χ3n) is 3.59. The summed E-state index contributed by atoms with van der Waals surface area (Å²) < 4.78 is 0. The van der Waals surface area contributed by atoms with Gasteiger partial charge >= 0.3 is 0 Å². The molecule has 20 heavy (non-hydrogen) atoms. The number of hydrogen-bond donors (Lipinski definition) is 3. The number of aliphatic hydroxyl groups is 1. The number of benzene rings is 1. The molecule has 1 unspecified atom stereocenters. The Morgan fingerprint density at radius 1 is 1.45 bits per heavy atom. The van der Waals surface area contributed by atoms with Gasteiger partial charge in [0, 0.05) is 22.9 Å². The van der Waals surface area contributed by atoms with Crippen LogP contribution in [-0.2, 0) is 4.79 Å². The summed E-state index contributed by atoms with van der Waals surface area (Å²) in [6.45, 7) is 6.26. The van der Waals surface area contributed by atoms with E-state index in [9.17, 15) is 4.79 Å². The fraction of sp³-hybridized carbons (Fsp3) is 0.533. The van der Waals surface area contributed by atoms with Gasteiger partial charge in [0.2, 0.25) is 5.91 Å². The van der Waals surface area contributed by atoms with Crippen LogP contribution >= 0.6 is 11.6 Å². The molecule has 0 aliphatic carbocycles. The molecule has 0 aromatic heterocycles. The number of hydrogen-bond acceptors (Lipinski definition) is 3. The van der Waals surface area contributed by atoms with Crippen LogP contribution in [0.15, 0.2) is 18.2 Å². The van der Waals surface area contributed by atoms with E-state index in [4.69, 9.17) is 16.7 Å². The first-order valence-electron chi connectivity index (χ1n) is 6.82. The largest absolute Gasteiger partial charge is 0.396 e. The zero-order valence-electron chi connectivity index (χ0n) is 12.3. The summed E-state index contributed by atoms with van der Waals surface area (Å²) in [5, 5.41) is 15.7. The molecule has 1 amide bonds. The topological polar surface area (TPSA) is 61.4 Å². The third-order valence-corrected chi connectivity index (χ3v) is 3.83. The number of nitrogens with one attached hydrogen (secondary N) is 2. The molecule has 1 atom stereocenters. The Morgan fingerprint density at radius 3 is 2.75 bits per heavy atom. The first-order chi connectivity index (χ1) is 9.40. The molecule has 0 bridgehead atoms. The highest BCUT2D eigenvalue weighted by atomic mass is 35.5. The average molecular weight is 299 g/mol. The van der Waals surface area contributed by atoms with Gasteiger partial charge in [-0.3, -0.25) is 4.79 Å². The summed E-state index contributed by atoms with van der Waals surface area (Å²) in [5.41, 5.74) is 1.47. The van der Waals surface area contributed by atoms with Crippen LogP contribution < -0.4 is 10.6 Å². The fourth-order valence-electron chi connectivity index (χ4n) is 1.85. The van der Waals surface area contributed by atoms with Crippen molar-refractivity contribution in [1.29, 1.82) is 0 Å². The molecule has 0 fully saturated rings. The van der Waals surface area contributed by atoms with Gasteiger partial charge in [0.1, 0.15) is 0 Å². The Bertz CT molecular complexity index is 465. The van der Waals surface area contributed by atoms with E-state index in [0.29, 0.717) is 11.4 Å². The quantitative estimate of drug-likeness (QED) is 0.725. The number of anilines is 1. The Kier molecular flexibility index (Phi) is 6.46. The van der Waals surface area contributed by atoms with E-state index < -0.39 is 0 Å². The molecule has 0 aliphatic rings. The Labute approximate surface area is 125 Å². The minimum atomic E-state index is -0.227. The predicted octanol–water partition coefficient (Wildman–Crippen LogP) is 2.73. The van der Waals surface area contributed by atoms with E-state index >= 15 is 0 Å². The molecular formula is C15H23ClN2O2. The molecule has 0 saturated carbocycles. The maximum absolute atomic E-state index is 12.0. The van der Waals surface area contributed by atoms with Crippen molar-refractivity contribution in [2.24, 2.45) is 0 Å². The van der Waals surface area contributed by atoms with E-state index in [1.807, 2.05) is 26.8 Å². The van der Waals surface area contributed by atoms with Crippen LogP contribution in [0.5, 0.6) is 0 Å². The van der Waals surface area contributed by atoms with E-state index in [2.05, 4.69) is 10.6 Å². The molecule has 0 heterocycles. The van der Waals surface area contributed by atoms with E-state index in [0.717, 1.165) is 17.7 Å². The Balaban J connectivity index is 2.57. The molecule has 0 radical (unpaired) electrons. The van der Waals surface area contributed by atoms with Crippen LogP contribution in [0.3, 0.4) is 0 Å². The summed E-state index contributed by atoms with van der Waals surface area (Å²) in [6.07, 6.45) is 1.46. The van der Waals surface area contributed by atoms with Crippen LogP contribution in [0.4, 0.5) is 5.69 Å². The molecule has 3 N–H and O–H groups in total. The fourth-order valence-corrected chi connectivity index (χ4v) is 2.03. The molecule has 1 aromatic carbocycles. The second kappa shape index (κ2) is 7.62. The molecule has 112 valence electrons. The maximum atomic E-state index is 12.0. The van der Waals surface area contributed by atoms with Crippen LogP contribution in [0.2, 0.25) is 5.02 Å². The van der Waals surface area contributed by atoms with Gasteiger partial charge in [-0.25, -0.2) is 0 Å². The molecule has 0 aliphatic heterocycles. The Morgan fingerprint density at radius 2 is 2.15 bits per heavy atom. The lowest BCUT2D eigenvalue weighted by Crippen LogP contribution is -2.46. The van der Waals surface area contributed by atoms with Gasteiger partial charge in [-0.2, -0.15) is 0 Å². The van der Waals surface area contributed by atoms with Gasteiger partial charge in [0.25, 0.3) is 0 Å². The van der Waals surface area contributed by atoms with Crippen LogP contribution in [0, 0.1) is 6.92 Å². The zero-order chi connectivity index (χ0) is 15.2. The van der Waals surface area contributed by atoms with Gasteiger partial charge in [-0.15, -0.1) is 0 Å². The van der Waals surface area contributed by atoms with Crippen LogP contribution in [0.1, 0.15) is 32.3 Å². The summed E-state index contributed by atoms with van der Waals surface area (Å²) >= 11 is 5.92. The van der Waals surface area contributed by atoms with Crippen LogP contribution in [0.25, 0.3) is 0 Å². The van der Waals surface area contributed by atoms with E-state index in [-0.39, 0.29) is 24.6 Å². The SMILES string of the molecule is CCC(C)(CCO)NCC(=O)Nc1cc(Cl)ccc1C. The van der Waals surface area contributed by atoms with Crippen molar-refractivity contribution in [1.82, 2.24) is 5.32 Å². The number of amides is 1. The predicted molar refractivity (Wildman–Crippen MR) is 83.2 cm³/mol. The monoisotopic (exact) mass is 298 g/mol. The summed E-state index contributed by atoms with van der Waals surface area (Å²) in [4.78, 5) is 12.0. The number of aryl methyl sites for hydroxylation is 1. The summed E-state index contributed by atoms with van der Waals surface area (Å²) in [6, 6.07) is 5.40. The van der Waals surface area contributed by atoms with E-state index in [1.165, 1.54) is 0 Å². The number of aliphatic hydroxyl groups excluding tert-OH is 1. The minimum Gasteiger partial charge on any atom is -0.396 e. The van der Waals surface area contributed by atoms with Gasteiger partial charge in [-0.05, 0) is 44.4 Å². The Hall–Kier alpha value is -1.10. The molecule has 1 rings (SSSR count). The highest BCUT2D eigenvalue weighted by Gasteiger charge is 2.21. The zero-order valence-corrected chi connectivity index (χ0v) is 13.0. The number of rotatable bonds is 7. The van der Waals surface area contributed by atoms with Crippen LogP contribution in [-0.4, -0.2) is 29.7 Å². The van der Waals surface area contributed by atoms with Gasteiger partial charge in [0.15, 0.2) is 0 Å². The normalized spacial score (nSPS) is 13.8. The minimum absolute atomic E-state index is 0.104. The number of halogens is 1. The first kappa shape index (κ1) is 17.0. The second-order valence-corrected chi connectivity index (χ2v) is 5.69. The molecule has 4 nitrogen and oxygen atoms in total. The standard InChI is InChI=1S/C15H23ClN2O2/c1-4-15(3,7-8-19)17-10-14(20)18-13-9-12(16)6-5-11(13)2/h5-6,9,17,19H,4,7-8,10H2,1-3H3,(H,18,20). The summed E-state index contributed by atoms with van der Waals surface area (Å²) in [5.74, 6) is -0.118. The smallest absolute Gasteiger partial charge is 0.238 e. The lowest BCUT2D eigenvalue weighted by atomic mass is 9.95. The van der Waals surface area contributed by atoms with Crippen molar-refractivity contribution in [2.45, 2.75) is 39.2 Å².